The minimum Gasteiger partial charge on any atom is -0.476 e. The van der Waals surface area contributed by atoms with Gasteiger partial charge >= 0.3 is 12.1 Å². The van der Waals surface area contributed by atoms with Crippen LogP contribution in [-0.2, 0) is 22.1 Å². The Hall–Kier alpha value is -3.13. The maximum Gasteiger partial charge on any atom is 0.416 e. The zero-order valence-electron chi connectivity index (χ0n) is 22.7. The third-order valence-electron chi connectivity index (χ3n) is 5.79. The monoisotopic (exact) mass is 546 g/mol. The Bertz CT molecular complexity index is 1290. The molecule has 3 rings (SSSR count). The molecule has 0 aliphatic carbocycles. The number of hydrogen-bond acceptors (Lipinski definition) is 5. The molecule has 8 heteroatoms. The lowest BCUT2D eigenvalue weighted by molar-refractivity contribution is -0.171. The summed E-state index contributed by atoms with van der Waals surface area (Å²) in [6.07, 6.45) is -3.58. The second-order valence-corrected chi connectivity index (χ2v) is 11.9. The highest BCUT2D eigenvalue weighted by Gasteiger charge is 2.35. The minimum absolute atomic E-state index is 0.0325. The van der Waals surface area contributed by atoms with Crippen LogP contribution in [-0.4, -0.2) is 23.0 Å². The van der Waals surface area contributed by atoms with Gasteiger partial charge in [0.25, 0.3) is 0 Å². The molecule has 0 radical (unpaired) electrons. The quantitative estimate of drug-likeness (QED) is 0.210. The van der Waals surface area contributed by atoms with Crippen LogP contribution in [0, 0.1) is 13.8 Å². The van der Waals surface area contributed by atoms with Crippen molar-refractivity contribution in [3.8, 4) is 16.2 Å². The Morgan fingerprint density at radius 2 is 1.45 bits per heavy atom. The van der Waals surface area contributed by atoms with Gasteiger partial charge in [0.1, 0.15) is 11.4 Å². The summed E-state index contributed by atoms with van der Waals surface area (Å²) in [6.45, 7) is 12.6. The van der Waals surface area contributed by atoms with Gasteiger partial charge in [-0.1, -0.05) is 24.3 Å². The van der Waals surface area contributed by atoms with Crippen LogP contribution in [0.5, 0.6) is 5.75 Å². The van der Waals surface area contributed by atoms with Gasteiger partial charge in [-0.25, -0.2) is 4.79 Å². The van der Waals surface area contributed by atoms with Crippen LogP contribution in [0.1, 0.15) is 73.0 Å². The predicted octanol–water partition coefficient (Wildman–Crippen LogP) is 8.37. The van der Waals surface area contributed by atoms with Crippen LogP contribution in [0.4, 0.5) is 13.2 Å². The van der Waals surface area contributed by atoms with Gasteiger partial charge in [-0.3, -0.25) is 4.79 Å². The average molecular weight is 547 g/mol. The molecule has 0 N–H and O–H groups in total. The van der Waals surface area contributed by atoms with Crippen molar-refractivity contribution in [3.05, 3.63) is 75.7 Å². The molecule has 1 heterocycles. The molecule has 0 amide bonds. The topological polar surface area (TPSA) is 52.6 Å². The maximum absolute atomic E-state index is 12.8. The van der Waals surface area contributed by atoms with Crippen molar-refractivity contribution in [1.29, 1.82) is 0 Å². The Morgan fingerprint density at radius 1 is 0.868 bits per heavy atom. The third-order valence-corrected chi connectivity index (χ3v) is 6.96. The lowest BCUT2D eigenvalue weighted by Gasteiger charge is -2.30. The van der Waals surface area contributed by atoms with Gasteiger partial charge in [0.2, 0.25) is 0 Å². The van der Waals surface area contributed by atoms with Gasteiger partial charge in [-0.05, 0) is 101 Å². The second kappa shape index (κ2) is 10.9. The third kappa shape index (κ3) is 7.47. The fourth-order valence-corrected chi connectivity index (χ4v) is 4.87. The normalized spacial score (nSPS) is 12.4. The number of hydrogen-bond donors (Lipinski definition) is 0. The number of thiophene rings is 1. The molecule has 4 nitrogen and oxygen atoms in total. The molecule has 2 aromatic carbocycles. The number of carbonyl (C=O) groups excluding carboxylic acids is 2. The summed E-state index contributed by atoms with van der Waals surface area (Å²) in [5.74, 6) is 0.121. The number of Topliss-reactive ketones (excluding diaryl/α,β-unsaturated/α-hetero) is 1. The Morgan fingerprint density at radius 3 is 1.97 bits per heavy atom. The highest BCUT2D eigenvalue weighted by molar-refractivity contribution is 7.17. The Balaban J connectivity index is 1.66. The first kappa shape index (κ1) is 29.4. The van der Waals surface area contributed by atoms with Crippen molar-refractivity contribution >= 4 is 23.1 Å². The smallest absolute Gasteiger partial charge is 0.416 e. The SMILES string of the molecule is Cc1cc(CCC(=O)c2ccc(-c3ccc(C(F)(F)F)cc3)s2)cc(C)c1OC(C)(C)C(=O)OC(C)(C)C. The van der Waals surface area contributed by atoms with Gasteiger partial charge in [0, 0.05) is 11.3 Å². The summed E-state index contributed by atoms with van der Waals surface area (Å²) in [4.78, 5) is 26.8. The molecule has 0 fully saturated rings. The lowest BCUT2D eigenvalue weighted by Crippen LogP contribution is -2.43. The van der Waals surface area contributed by atoms with E-state index in [1.54, 1.807) is 46.8 Å². The molecule has 1 aromatic heterocycles. The molecular formula is C30H33F3O4S. The van der Waals surface area contributed by atoms with Gasteiger partial charge in [0.15, 0.2) is 11.4 Å². The van der Waals surface area contributed by atoms with Crippen molar-refractivity contribution in [3.63, 3.8) is 0 Å². The number of alkyl halides is 3. The summed E-state index contributed by atoms with van der Waals surface area (Å²) in [7, 11) is 0. The Kier molecular flexibility index (Phi) is 8.46. The molecule has 0 spiro atoms. The van der Waals surface area contributed by atoms with E-state index in [0.717, 1.165) is 33.7 Å². The van der Waals surface area contributed by atoms with Crippen LogP contribution >= 0.6 is 11.3 Å². The predicted molar refractivity (Wildman–Crippen MR) is 144 cm³/mol. The largest absolute Gasteiger partial charge is 0.476 e. The van der Waals surface area contributed by atoms with Crippen molar-refractivity contribution in [2.75, 3.05) is 0 Å². The molecule has 38 heavy (non-hydrogen) atoms. The van der Waals surface area contributed by atoms with E-state index in [1.165, 1.54) is 23.5 Å². The molecule has 3 aromatic rings. The maximum atomic E-state index is 12.8. The number of esters is 1. The van der Waals surface area contributed by atoms with Crippen LogP contribution in [0.2, 0.25) is 0 Å². The van der Waals surface area contributed by atoms with E-state index in [-0.39, 0.29) is 12.2 Å². The zero-order chi connectivity index (χ0) is 28.5. The van der Waals surface area contributed by atoms with Crippen molar-refractivity contribution in [2.45, 2.75) is 78.7 Å². The van der Waals surface area contributed by atoms with Crippen molar-refractivity contribution in [2.24, 2.45) is 0 Å². The molecule has 0 bridgehead atoms. The van der Waals surface area contributed by atoms with E-state index in [1.807, 2.05) is 26.0 Å². The molecule has 0 unspecified atom stereocenters. The van der Waals surface area contributed by atoms with E-state index in [2.05, 4.69) is 0 Å². The van der Waals surface area contributed by atoms with Crippen LogP contribution in [0.15, 0.2) is 48.5 Å². The van der Waals surface area contributed by atoms with E-state index >= 15 is 0 Å². The number of ketones is 1. The molecular weight excluding hydrogens is 513 g/mol. The van der Waals surface area contributed by atoms with Gasteiger partial charge in [-0.15, -0.1) is 11.3 Å². The van der Waals surface area contributed by atoms with E-state index < -0.39 is 28.9 Å². The molecule has 0 saturated carbocycles. The fraction of sp³-hybridized carbons (Fsp3) is 0.400. The fourth-order valence-electron chi connectivity index (χ4n) is 3.89. The van der Waals surface area contributed by atoms with Gasteiger partial charge in [-0.2, -0.15) is 13.2 Å². The number of rotatable bonds is 8. The number of aryl methyl sites for hydroxylation is 3. The van der Waals surface area contributed by atoms with Crippen LogP contribution in [0.3, 0.4) is 0 Å². The summed E-state index contributed by atoms with van der Waals surface area (Å²) in [6, 6.07) is 12.3. The second-order valence-electron chi connectivity index (χ2n) is 10.8. The summed E-state index contributed by atoms with van der Waals surface area (Å²) >= 11 is 1.27. The highest BCUT2D eigenvalue weighted by Crippen LogP contribution is 2.34. The minimum atomic E-state index is -4.38. The van der Waals surface area contributed by atoms with Crippen molar-refractivity contribution < 1.29 is 32.2 Å². The van der Waals surface area contributed by atoms with E-state index in [0.29, 0.717) is 22.6 Å². The lowest BCUT2D eigenvalue weighted by atomic mass is 10.00. The van der Waals surface area contributed by atoms with Crippen LogP contribution in [0.25, 0.3) is 10.4 Å². The summed E-state index contributed by atoms with van der Waals surface area (Å²) in [5, 5.41) is 0. The van der Waals surface area contributed by atoms with Crippen molar-refractivity contribution in [1.82, 2.24) is 0 Å². The average Bonchev–Trinajstić information content (AvgIpc) is 3.29. The summed E-state index contributed by atoms with van der Waals surface area (Å²) < 4.78 is 50.0. The molecule has 0 aliphatic rings. The first-order chi connectivity index (χ1) is 17.5. The standard InChI is InChI=1S/C30H33F3O4S/c1-18-16-20(17-19(2)26(18)36-29(6,7)27(35)37-28(3,4)5)8-13-23(34)25-15-14-24(38-25)21-9-11-22(12-10-21)30(31,32)33/h9-12,14-17H,8,13H2,1-7H3. The molecule has 0 saturated heterocycles. The van der Waals surface area contributed by atoms with Gasteiger partial charge in [0.05, 0.1) is 10.4 Å². The van der Waals surface area contributed by atoms with Gasteiger partial charge < -0.3 is 9.47 Å². The Labute approximate surface area is 225 Å². The molecule has 204 valence electrons. The number of halogens is 3. The number of carbonyl (C=O) groups is 2. The summed E-state index contributed by atoms with van der Waals surface area (Å²) in [5.41, 5.74) is 0.802. The first-order valence-electron chi connectivity index (χ1n) is 12.3. The van der Waals surface area contributed by atoms with E-state index in [4.69, 9.17) is 9.47 Å². The zero-order valence-corrected chi connectivity index (χ0v) is 23.5. The van der Waals surface area contributed by atoms with Crippen LogP contribution < -0.4 is 4.74 Å². The van der Waals surface area contributed by atoms with E-state index in [9.17, 15) is 22.8 Å². The molecule has 0 atom stereocenters. The number of benzene rings is 2. The first-order valence-corrected chi connectivity index (χ1v) is 13.1. The number of ether oxygens (including phenoxy) is 2. The molecule has 0 aliphatic heterocycles. The highest BCUT2D eigenvalue weighted by atomic mass is 32.1.